The summed E-state index contributed by atoms with van der Waals surface area (Å²) < 4.78 is 146. The van der Waals surface area contributed by atoms with Gasteiger partial charge in [0.15, 0.2) is 0 Å². The smallest absolute Gasteiger partial charge is 0.335 e. The molecule has 3 aromatic carbocycles. The van der Waals surface area contributed by atoms with Crippen LogP contribution in [0.5, 0.6) is 0 Å². The van der Waals surface area contributed by atoms with E-state index in [0.29, 0.717) is 52.2 Å². The molecule has 352 valence electrons. The molecule has 0 amide bonds. The molecule has 0 aliphatic carbocycles. The zero-order chi connectivity index (χ0) is 47.9. The van der Waals surface area contributed by atoms with E-state index in [0.717, 1.165) is 0 Å². The largest absolute Gasteiger partial charge is 0.478 e. The van der Waals surface area contributed by atoms with Gasteiger partial charge in [-0.1, -0.05) is 45.9 Å². The second kappa shape index (κ2) is 18.3. The van der Waals surface area contributed by atoms with E-state index in [1.165, 1.54) is 36.4 Å². The number of carboxylic acid groups (broad SMARTS) is 1. The molecule has 3 aliphatic rings. The number of rotatable bonds is 17. The van der Waals surface area contributed by atoms with Crippen LogP contribution >= 0.6 is 0 Å². The first kappa shape index (κ1) is 49.4. The van der Waals surface area contributed by atoms with Crippen LogP contribution in [0.2, 0.25) is 0 Å². The molecule has 3 aromatic rings. The van der Waals surface area contributed by atoms with Crippen molar-refractivity contribution in [3.8, 4) is 0 Å². The first-order chi connectivity index (χ1) is 30.1. The molecule has 3 heterocycles. The van der Waals surface area contributed by atoms with Crippen molar-refractivity contribution in [1.29, 1.82) is 0 Å². The van der Waals surface area contributed by atoms with Crippen LogP contribution in [0.25, 0.3) is 5.57 Å². The van der Waals surface area contributed by atoms with Gasteiger partial charge in [-0.2, -0.15) is 33.7 Å². The summed E-state index contributed by atoms with van der Waals surface area (Å²) in [5.74, 6) is -1.53. The number of allylic oxidation sites excluding steroid dienone is 5. The lowest BCUT2D eigenvalue weighted by Gasteiger charge is -2.33. The number of hydrogen-bond donors (Lipinski definition) is 5. The number of hydrogen-bond acceptors (Lipinski definition) is 13. The minimum atomic E-state index is -4.58. The average molecular weight is 979 g/mol. The fraction of sp³-hybridized carbons (Fsp3) is 0.372. The van der Waals surface area contributed by atoms with E-state index in [9.17, 15) is 61.8 Å². The van der Waals surface area contributed by atoms with E-state index >= 15 is 0 Å². The van der Waals surface area contributed by atoms with Crippen LogP contribution < -0.4 is 9.80 Å². The second-order valence-corrected chi connectivity index (χ2v) is 22.9. The lowest BCUT2D eigenvalue weighted by atomic mass is 9.80. The molecular formula is C43H50N2O16S4. The summed E-state index contributed by atoms with van der Waals surface area (Å²) in [5, 5.41) is 9.68. The summed E-state index contributed by atoms with van der Waals surface area (Å²) >= 11 is 0. The molecule has 3 aliphatic heterocycles. The summed E-state index contributed by atoms with van der Waals surface area (Å²) in [4.78, 5) is 15.1. The van der Waals surface area contributed by atoms with Gasteiger partial charge in [-0.15, -0.1) is 0 Å². The summed E-state index contributed by atoms with van der Waals surface area (Å²) in [6.07, 6.45) is 7.82. The van der Waals surface area contributed by atoms with Gasteiger partial charge in [-0.3, -0.25) is 18.2 Å². The fourth-order valence-electron chi connectivity index (χ4n) is 8.50. The third kappa shape index (κ3) is 11.1. The Morgan fingerprint density at radius 3 is 1.82 bits per heavy atom. The molecule has 5 N–H and O–H groups in total. The number of benzene rings is 3. The fourth-order valence-corrected chi connectivity index (χ4v) is 10.7. The van der Waals surface area contributed by atoms with Gasteiger partial charge in [-0.05, 0) is 109 Å². The van der Waals surface area contributed by atoms with E-state index in [1.54, 1.807) is 42.5 Å². The van der Waals surface area contributed by atoms with Crippen molar-refractivity contribution >= 4 is 63.4 Å². The lowest BCUT2D eigenvalue weighted by Crippen LogP contribution is -2.40. The van der Waals surface area contributed by atoms with E-state index < -0.39 is 74.8 Å². The number of aromatic carboxylic acids is 1. The standard InChI is InChI=1S/C43H50N2O16S4/c1-42(2)32-25-30(64(54,55)56)13-15-34(32)44(21-5-7-23-62(48,49)50)38(42)19-17-36-40(28-9-11-29(12-10-28)41(46)47)37(61-27-60-36)18-20-39-43(3,4)33-26-31(65(57,58)59)14-16-35(33)45(39)22-6-8-24-63(51,52)53/h9-20,25-26,38H,5-8,21-24,27H2,1-4H3,(H,46,47)(H,48,49,50)(H,51,52,53)(H,54,55,56)(H,57,58,59)/b19-17+,37-18-,39-20+. The number of anilines is 2. The van der Waals surface area contributed by atoms with Gasteiger partial charge in [-0.25, -0.2) is 4.79 Å². The van der Waals surface area contributed by atoms with Crippen molar-refractivity contribution in [3.63, 3.8) is 0 Å². The first-order valence-electron chi connectivity index (χ1n) is 20.2. The number of unbranched alkanes of at least 4 members (excludes halogenated alkanes) is 2. The number of carbonyl (C=O) groups is 1. The monoisotopic (exact) mass is 978 g/mol. The molecule has 0 bridgehead atoms. The number of fused-ring (bicyclic) bond motifs is 2. The Balaban J connectivity index is 1.47. The molecule has 65 heavy (non-hydrogen) atoms. The highest BCUT2D eigenvalue weighted by atomic mass is 32.2. The van der Waals surface area contributed by atoms with E-state index in [1.807, 2.05) is 43.6 Å². The SMILES string of the molecule is CC1(C)/C(=C\C=C2/OCOC(/C=C/C3N(CCCCS(=O)(=O)O)c4ccc(S(=O)(=O)O)cc4C3(C)C)=C2c2ccc(C(=O)O)cc2)N(CCCCS(=O)(=O)O)c2ccc(S(=O)(=O)O)cc21. The third-order valence-corrected chi connectivity index (χ3v) is 15.1. The maximum Gasteiger partial charge on any atom is 0.335 e. The van der Waals surface area contributed by atoms with Crippen molar-refractivity contribution < 1.29 is 71.3 Å². The normalized spacial score (nSPS) is 19.7. The molecule has 6 rings (SSSR count). The number of carboxylic acids is 1. The minimum absolute atomic E-state index is 0.00970. The molecule has 0 saturated heterocycles. The third-order valence-electron chi connectivity index (χ3n) is 11.8. The Hall–Kier alpha value is -5.07. The van der Waals surface area contributed by atoms with Crippen molar-refractivity contribution in [3.05, 3.63) is 124 Å². The summed E-state index contributed by atoms with van der Waals surface area (Å²) in [5.41, 5.74) is 2.16. The summed E-state index contributed by atoms with van der Waals surface area (Å²) in [6, 6.07) is 13.9. The van der Waals surface area contributed by atoms with E-state index in [2.05, 4.69) is 0 Å². The van der Waals surface area contributed by atoms with Crippen molar-refractivity contribution in [2.45, 2.75) is 80.0 Å². The Morgan fingerprint density at radius 1 is 0.708 bits per heavy atom. The minimum Gasteiger partial charge on any atom is -0.478 e. The number of ether oxygens (including phenoxy) is 2. The highest BCUT2D eigenvalue weighted by Gasteiger charge is 2.44. The predicted molar refractivity (Wildman–Crippen MR) is 241 cm³/mol. The maximum absolute atomic E-state index is 12.2. The molecule has 1 unspecified atom stereocenters. The zero-order valence-corrected chi connectivity index (χ0v) is 39.0. The van der Waals surface area contributed by atoms with Gasteiger partial charge in [0.1, 0.15) is 11.5 Å². The number of nitrogens with zero attached hydrogens (tertiary/aromatic N) is 2. The molecule has 0 radical (unpaired) electrons. The van der Waals surface area contributed by atoms with Crippen molar-refractivity contribution in [2.75, 3.05) is 41.2 Å². The van der Waals surface area contributed by atoms with Gasteiger partial charge >= 0.3 is 5.97 Å². The molecule has 22 heteroatoms. The van der Waals surface area contributed by atoms with Crippen LogP contribution in [0.4, 0.5) is 11.4 Å². The van der Waals surface area contributed by atoms with Crippen molar-refractivity contribution in [2.24, 2.45) is 0 Å². The average Bonchev–Trinajstić information content (AvgIpc) is 3.55. The van der Waals surface area contributed by atoms with Gasteiger partial charge in [0.05, 0.1) is 38.5 Å². The van der Waals surface area contributed by atoms with Gasteiger partial charge in [0.2, 0.25) is 6.79 Å². The molecule has 1 atom stereocenters. The van der Waals surface area contributed by atoms with E-state index in [-0.39, 0.29) is 59.6 Å². The molecule has 18 nitrogen and oxygen atoms in total. The topological polar surface area (TPSA) is 280 Å². The second-order valence-electron chi connectivity index (χ2n) is 16.9. The quantitative estimate of drug-likeness (QED) is 0.0741. The van der Waals surface area contributed by atoms with Gasteiger partial charge < -0.3 is 24.4 Å². The Labute approximate surface area is 378 Å². The van der Waals surface area contributed by atoms with E-state index in [4.69, 9.17) is 9.47 Å². The Kier molecular flexibility index (Phi) is 13.9. The molecule has 0 aromatic heterocycles. The summed E-state index contributed by atoms with van der Waals surface area (Å²) in [6.45, 7) is 7.70. The maximum atomic E-state index is 12.2. The summed E-state index contributed by atoms with van der Waals surface area (Å²) in [7, 11) is -17.6. The Morgan fingerprint density at radius 2 is 1.26 bits per heavy atom. The lowest BCUT2D eigenvalue weighted by molar-refractivity contribution is 0.0123. The highest BCUT2D eigenvalue weighted by Crippen LogP contribution is 2.50. The van der Waals surface area contributed by atoms with Crippen LogP contribution in [-0.2, 0) is 60.8 Å². The van der Waals surface area contributed by atoms with Crippen LogP contribution in [0, 0.1) is 0 Å². The van der Waals surface area contributed by atoms with Crippen LogP contribution in [0.3, 0.4) is 0 Å². The first-order valence-corrected chi connectivity index (χ1v) is 26.3. The molecule has 0 spiro atoms. The van der Waals surface area contributed by atoms with Gasteiger partial charge in [0, 0.05) is 41.0 Å². The molecule has 0 fully saturated rings. The zero-order valence-electron chi connectivity index (χ0n) is 35.8. The van der Waals surface area contributed by atoms with Gasteiger partial charge in [0.25, 0.3) is 40.5 Å². The predicted octanol–water partition coefficient (Wildman–Crippen LogP) is 6.22. The Bertz CT molecular complexity index is 2960. The van der Waals surface area contributed by atoms with Crippen LogP contribution in [0.15, 0.2) is 112 Å². The highest BCUT2D eigenvalue weighted by molar-refractivity contribution is 7.86. The van der Waals surface area contributed by atoms with Crippen molar-refractivity contribution in [1.82, 2.24) is 0 Å². The van der Waals surface area contributed by atoms with Crippen LogP contribution in [0.1, 0.15) is 80.4 Å². The molecular weight excluding hydrogens is 929 g/mol. The van der Waals surface area contributed by atoms with Crippen LogP contribution in [-0.4, -0.2) is 100 Å². The molecule has 0 saturated carbocycles.